The van der Waals surface area contributed by atoms with Crippen molar-refractivity contribution < 1.29 is 22.8 Å². The number of hydrogen-bond donors (Lipinski definition) is 1. The maximum atomic E-state index is 12.9. The molecule has 2 aromatic rings. The van der Waals surface area contributed by atoms with Crippen molar-refractivity contribution in [2.24, 2.45) is 11.8 Å². The lowest BCUT2D eigenvalue weighted by Gasteiger charge is -2.25. The van der Waals surface area contributed by atoms with Crippen LogP contribution >= 0.6 is 0 Å². The number of rotatable bonds is 5. The average molecular weight is 403 g/mol. The molecule has 1 amide bonds. The molecule has 0 saturated heterocycles. The number of nitrogens with one attached hydrogen (secondary N) is 1. The molecule has 1 saturated carbocycles. The van der Waals surface area contributed by atoms with Crippen LogP contribution in [0.1, 0.15) is 54.1 Å². The molecule has 2 aromatic carbocycles. The minimum absolute atomic E-state index is 0.0715. The number of amides is 1. The Morgan fingerprint density at radius 3 is 2.38 bits per heavy atom. The van der Waals surface area contributed by atoms with Crippen molar-refractivity contribution in [3.8, 4) is 0 Å². The maximum Gasteiger partial charge on any atom is 0.416 e. The molecule has 1 fully saturated rings. The van der Waals surface area contributed by atoms with Crippen molar-refractivity contribution in [1.29, 1.82) is 0 Å². The van der Waals surface area contributed by atoms with Gasteiger partial charge >= 0.3 is 6.18 Å². The highest BCUT2D eigenvalue weighted by molar-refractivity contribution is 6.06. The number of carbonyl (C=O) groups excluding carboxylic acids is 2. The van der Waals surface area contributed by atoms with Crippen LogP contribution in [0.25, 0.3) is 0 Å². The molecule has 3 nitrogen and oxygen atoms in total. The van der Waals surface area contributed by atoms with Crippen molar-refractivity contribution in [2.75, 3.05) is 5.32 Å². The van der Waals surface area contributed by atoms with Crippen LogP contribution in [0.5, 0.6) is 0 Å². The lowest BCUT2D eigenvalue weighted by molar-refractivity contribution is -0.137. The lowest BCUT2D eigenvalue weighted by atomic mass is 9.82. The van der Waals surface area contributed by atoms with Crippen LogP contribution in [0.4, 0.5) is 18.9 Å². The molecule has 1 aliphatic rings. The van der Waals surface area contributed by atoms with E-state index >= 15 is 0 Å². The van der Waals surface area contributed by atoms with E-state index in [1.54, 1.807) is 24.3 Å². The van der Waals surface area contributed by atoms with E-state index in [0.717, 1.165) is 37.8 Å². The van der Waals surface area contributed by atoms with Gasteiger partial charge in [-0.3, -0.25) is 9.59 Å². The Labute approximate surface area is 168 Å². The van der Waals surface area contributed by atoms with Gasteiger partial charge in [0.15, 0.2) is 5.78 Å². The van der Waals surface area contributed by atoms with Crippen LogP contribution in [-0.4, -0.2) is 11.7 Å². The summed E-state index contributed by atoms with van der Waals surface area (Å²) in [6.45, 7) is 2.18. The van der Waals surface area contributed by atoms with E-state index in [-0.39, 0.29) is 29.6 Å². The predicted octanol–water partition coefficient (Wildman–Crippen LogP) is 5.90. The number of anilines is 1. The van der Waals surface area contributed by atoms with Gasteiger partial charge in [0.2, 0.25) is 5.91 Å². The molecule has 0 aliphatic heterocycles. The van der Waals surface area contributed by atoms with Gasteiger partial charge in [-0.05, 0) is 55.4 Å². The summed E-state index contributed by atoms with van der Waals surface area (Å²) in [7, 11) is 0. The molecule has 0 spiro atoms. The van der Waals surface area contributed by atoms with Crippen LogP contribution in [0, 0.1) is 11.8 Å². The Balaban J connectivity index is 1.73. The third-order valence-corrected chi connectivity index (χ3v) is 5.49. The molecule has 0 aromatic heterocycles. The summed E-state index contributed by atoms with van der Waals surface area (Å²) in [5, 5.41) is 2.86. The zero-order valence-electron chi connectivity index (χ0n) is 16.3. The standard InChI is InChI=1S/C23H24F3NO2/c1-15-9-11-17(12-10-15)22(29)27-20-8-3-2-7-19(20)21(28)14-16-5-4-6-18(13-16)23(24,25)26/h2-8,13,15,17H,9-12,14H2,1H3,(H,27,29). The van der Waals surface area contributed by atoms with Gasteiger partial charge in [-0.15, -0.1) is 0 Å². The fourth-order valence-corrected chi connectivity index (χ4v) is 3.73. The second-order valence-corrected chi connectivity index (χ2v) is 7.79. The second kappa shape index (κ2) is 8.80. The van der Waals surface area contributed by atoms with Gasteiger partial charge in [0.25, 0.3) is 0 Å². The van der Waals surface area contributed by atoms with E-state index in [9.17, 15) is 22.8 Å². The molecule has 0 bridgehead atoms. The molecule has 0 unspecified atom stereocenters. The highest BCUT2D eigenvalue weighted by Gasteiger charge is 2.30. The van der Waals surface area contributed by atoms with E-state index in [0.29, 0.717) is 17.2 Å². The summed E-state index contributed by atoms with van der Waals surface area (Å²) in [6.07, 6.45) is -0.955. The van der Waals surface area contributed by atoms with Crippen molar-refractivity contribution >= 4 is 17.4 Å². The topological polar surface area (TPSA) is 46.2 Å². The quantitative estimate of drug-likeness (QED) is 0.632. The Bertz CT molecular complexity index is 884. The van der Waals surface area contributed by atoms with Gasteiger partial charge in [-0.2, -0.15) is 13.2 Å². The molecule has 3 rings (SSSR count). The molecule has 0 radical (unpaired) electrons. The number of para-hydroxylation sites is 1. The first-order valence-electron chi connectivity index (χ1n) is 9.83. The lowest BCUT2D eigenvalue weighted by Crippen LogP contribution is -2.27. The van der Waals surface area contributed by atoms with E-state index in [1.165, 1.54) is 12.1 Å². The number of benzene rings is 2. The summed E-state index contributed by atoms with van der Waals surface area (Å²) >= 11 is 0. The van der Waals surface area contributed by atoms with Gasteiger partial charge in [0.05, 0.1) is 11.3 Å². The first-order chi connectivity index (χ1) is 13.7. The monoisotopic (exact) mass is 403 g/mol. The van der Waals surface area contributed by atoms with Crippen molar-refractivity contribution in [2.45, 2.75) is 45.2 Å². The number of carbonyl (C=O) groups is 2. The van der Waals surface area contributed by atoms with E-state index < -0.39 is 11.7 Å². The zero-order valence-corrected chi connectivity index (χ0v) is 16.3. The molecular weight excluding hydrogens is 379 g/mol. The molecule has 154 valence electrons. The van der Waals surface area contributed by atoms with Crippen molar-refractivity contribution in [3.63, 3.8) is 0 Å². The number of alkyl halides is 3. The molecule has 1 aliphatic carbocycles. The average Bonchev–Trinajstić information content (AvgIpc) is 2.68. The highest BCUT2D eigenvalue weighted by Crippen LogP contribution is 2.31. The van der Waals surface area contributed by atoms with E-state index in [2.05, 4.69) is 12.2 Å². The third-order valence-electron chi connectivity index (χ3n) is 5.49. The van der Waals surface area contributed by atoms with Crippen molar-refractivity contribution in [1.82, 2.24) is 0 Å². The fourth-order valence-electron chi connectivity index (χ4n) is 3.73. The fraction of sp³-hybridized carbons (Fsp3) is 0.391. The molecular formula is C23H24F3NO2. The predicted molar refractivity (Wildman–Crippen MR) is 106 cm³/mol. The number of hydrogen-bond acceptors (Lipinski definition) is 2. The number of ketones is 1. The van der Waals surface area contributed by atoms with Gasteiger partial charge in [0, 0.05) is 17.9 Å². The molecule has 6 heteroatoms. The summed E-state index contributed by atoms with van der Waals surface area (Å²) in [6, 6.07) is 11.4. The molecule has 29 heavy (non-hydrogen) atoms. The minimum Gasteiger partial charge on any atom is -0.325 e. The maximum absolute atomic E-state index is 12.9. The number of halogens is 3. The first-order valence-corrected chi connectivity index (χ1v) is 9.83. The molecule has 0 atom stereocenters. The summed E-state index contributed by atoms with van der Waals surface area (Å²) in [5.41, 5.74) is 0.221. The van der Waals surface area contributed by atoms with Crippen LogP contribution in [-0.2, 0) is 17.4 Å². The van der Waals surface area contributed by atoms with Crippen LogP contribution in [0.3, 0.4) is 0 Å². The molecule has 1 N–H and O–H groups in total. The third kappa shape index (κ3) is 5.46. The van der Waals surface area contributed by atoms with Crippen LogP contribution in [0.15, 0.2) is 48.5 Å². The minimum atomic E-state index is -4.46. The van der Waals surface area contributed by atoms with Gasteiger partial charge < -0.3 is 5.32 Å². The van der Waals surface area contributed by atoms with Gasteiger partial charge in [-0.25, -0.2) is 0 Å². The Morgan fingerprint density at radius 1 is 1.00 bits per heavy atom. The summed E-state index contributed by atoms with van der Waals surface area (Å²) in [4.78, 5) is 25.4. The first kappa shape index (κ1) is 21.1. The normalized spacial score (nSPS) is 19.6. The van der Waals surface area contributed by atoms with Crippen LogP contribution < -0.4 is 5.32 Å². The zero-order chi connectivity index (χ0) is 21.0. The Morgan fingerprint density at radius 2 is 1.69 bits per heavy atom. The van der Waals surface area contributed by atoms with E-state index in [1.807, 2.05) is 0 Å². The molecule has 0 heterocycles. The Hall–Kier alpha value is -2.63. The summed E-state index contributed by atoms with van der Waals surface area (Å²) < 4.78 is 38.7. The number of Topliss-reactive ketones (excluding diaryl/α,β-unsaturated/α-hetero) is 1. The van der Waals surface area contributed by atoms with Crippen LogP contribution in [0.2, 0.25) is 0 Å². The smallest absolute Gasteiger partial charge is 0.325 e. The van der Waals surface area contributed by atoms with E-state index in [4.69, 9.17) is 0 Å². The SMILES string of the molecule is CC1CCC(C(=O)Nc2ccccc2C(=O)Cc2cccc(C(F)(F)F)c2)CC1. The highest BCUT2D eigenvalue weighted by atomic mass is 19.4. The Kier molecular flexibility index (Phi) is 6.40. The van der Waals surface area contributed by atoms with Gasteiger partial charge in [0.1, 0.15) is 0 Å². The second-order valence-electron chi connectivity index (χ2n) is 7.79. The van der Waals surface area contributed by atoms with Crippen molar-refractivity contribution in [3.05, 3.63) is 65.2 Å². The van der Waals surface area contributed by atoms with Gasteiger partial charge in [-0.1, -0.05) is 37.3 Å². The largest absolute Gasteiger partial charge is 0.416 e. The summed E-state index contributed by atoms with van der Waals surface area (Å²) in [5.74, 6) is 0.118.